The van der Waals surface area contributed by atoms with Gasteiger partial charge in [0.15, 0.2) is 0 Å². The molecule has 0 spiro atoms. The third kappa shape index (κ3) is 2.44. The van der Waals surface area contributed by atoms with Crippen LogP contribution in [0.2, 0.25) is 5.02 Å². The maximum absolute atomic E-state index is 13.5. The quantitative estimate of drug-likeness (QED) is 0.790. The van der Waals surface area contributed by atoms with Gasteiger partial charge < -0.3 is 4.84 Å². The van der Waals surface area contributed by atoms with Crippen molar-refractivity contribution in [3.63, 3.8) is 0 Å². The van der Waals surface area contributed by atoms with Gasteiger partial charge >= 0.3 is 0 Å². The molecule has 0 amide bonds. The van der Waals surface area contributed by atoms with E-state index in [2.05, 4.69) is 4.84 Å². The summed E-state index contributed by atoms with van der Waals surface area (Å²) in [6, 6.07) is 4.59. The van der Waals surface area contributed by atoms with Crippen molar-refractivity contribution in [2.45, 2.75) is 19.3 Å². The normalized spacial score (nSPS) is 11.8. The Morgan fingerprint density at radius 2 is 2.14 bits per heavy atom. The van der Waals surface area contributed by atoms with Crippen molar-refractivity contribution in [3.8, 4) is 0 Å². The van der Waals surface area contributed by atoms with Crippen molar-refractivity contribution in [2.75, 3.05) is 6.61 Å². The average Bonchev–Trinajstić information content (AvgIpc) is 2.02. The van der Waals surface area contributed by atoms with Gasteiger partial charge in [-0.3, -0.25) is 0 Å². The van der Waals surface area contributed by atoms with E-state index in [1.807, 2.05) is 13.8 Å². The molecule has 1 aromatic rings. The van der Waals surface area contributed by atoms with Gasteiger partial charge in [0.05, 0.1) is 6.61 Å². The Hall–Kier alpha value is -0.640. The van der Waals surface area contributed by atoms with Crippen LogP contribution in [0, 0.1) is 5.82 Å². The highest BCUT2D eigenvalue weighted by Gasteiger charge is 2.24. The standard InChI is InChI=1S/C10H13ClFNO/c1-10(2,6-14-13)8-4-3-7(11)5-9(8)12/h3-5H,6,13H2,1-2H3. The number of hydrogen-bond donors (Lipinski definition) is 1. The molecule has 0 unspecified atom stereocenters. The van der Waals surface area contributed by atoms with E-state index in [4.69, 9.17) is 17.5 Å². The van der Waals surface area contributed by atoms with Crippen LogP contribution in [0.15, 0.2) is 18.2 Å². The fraction of sp³-hybridized carbons (Fsp3) is 0.400. The van der Waals surface area contributed by atoms with Gasteiger partial charge in [-0.25, -0.2) is 10.3 Å². The highest BCUT2D eigenvalue weighted by Crippen LogP contribution is 2.27. The Morgan fingerprint density at radius 3 is 2.64 bits per heavy atom. The first-order valence-corrected chi connectivity index (χ1v) is 4.62. The van der Waals surface area contributed by atoms with Crippen LogP contribution in [0.25, 0.3) is 0 Å². The first-order chi connectivity index (χ1) is 6.47. The third-order valence-electron chi connectivity index (χ3n) is 2.10. The summed E-state index contributed by atoms with van der Waals surface area (Å²) >= 11 is 5.65. The summed E-state index contributed by atoms with van der Waals surface area (Å²) in [5.74, 6) is 4.65. The van der Waals surface area contributed by atoms with E-state index in [9.17, 15) is 4.39 Å². The molecule has 0 saturated heterocycles. The van der Waals surface area contributed by atoms with Gasteiger partial charge in [-0.15, -0.1) is 0 Å². The van der Waals surface area contributed by atoms with Crippen molar-refractivity contribution in [1.29, 1.82) is 0 Å². The number of halogens is 2. The zero-order valence-corrected chi connectivity index (χ0v) is 8.94. The fourth-order valence-electron chi connectivity index (χ4n) is 1.32. The van der Waals surface area contributed by atoms with Crippen LogP contribution in [-0.4, -0.2) is 6.61 Å². The zero-order valence-electron chi connectivity index (χ0n) is 8.18. The van der Waals surface area contributed by atoms with E-state index in [1.54, 1.807) is 12.1 Å². The van der Waals surface area contributed by atoms with Gasteiger partial charge in [-0.2, -0.15) is 0 Å². The SMILES string of the molecule is CC(C)(CON)c1ccc(Cl)cc1F. The zero-order chi connectivity index (χ0) is 10.8. The Bertz CT molecular complexity index is 328. The lowest BCUT2D eigenvalue weighted by atomic mass is 9.85. The number of nitrogens with two attached hydrogens (primary N) is 1. The number of benzene rings is 1. The maximum atomic E-state index is 13.5. The highest BCUT2D eigenvalue weighted by molar-refractivity contribution is 6.30. The van der Waals surface area contributed by atoms with Gasteiger partial charge in [-0.05, 0) is 17.7 Å². The topological polar surface area (TPSA) is 35.2 Å². The number of hydrogen-bond acceptors (Lipinski definition) is 2. The van der Waals surface area contributed by atoms with Gasteiger partial charge in [0.2, 0.25) is 0 Å². The van der Waals surface area contributed by atoms with Crippen LogP contribution in [-0.2, 0) is 10.3 Å². The summed E-state index contributed by atoms with van der Waals surface area (Å²) in [6.07, 6.45) is 0. The highest BCUT2D eigenvalue weighted by atomic mass is 35.5. The van der Waals surface area contributed by atoms with Crippen molar-refractivity contribution in [2.24, 2.45) is 5.90 Å². The molecule has 0 aromatic heterocycles. The molecule has 4 heteroatoms. The van der Waals surface area contributed by atoms with E-state index < -0.39 is 5.41 Å². The molecule has 78 valence electrons. The number of rotatable bonds is 3. The molecule has 0 bridgehead atoms. The monoisotopic (exact) mass is 217 g/mol. The lowest BCUT2D eigenvalue weighted by molar-refractivity contribution is 0.0951. The minimum Gasteiger partial charge on any atom is -0.304 e. The summed E-state index contributed by atoms with van der Waals surface area (Å²) in [5.41, 5.74) is 0.0935. The lowest BCUT2D eigenvalue weighted by Crippen LogP contribution is -2.27. The molecule has 1 aromatic carbocycles. The minimum atomic E-state index is -0.455. The summed E-state index contributed by atoms with van der Waals surface area (Å²) in [5, 5.41) is 0.385. The summed E-state index contributed by atoms with van der Waals surface area (Å²) < 4.78 is 13.5. The second kappa shape index (κ2) is 4.26. The van der Waals surface area contributed by atoms with Crippen molar-refractivity contribution >= 4 is 11.6 Å². The van der Waals surface area contributed by atoms with Gasteiger partial charge in [0.25, 0.3) is 0 Å². The summed E-state index contributed by atoms with van der Waals surface area (Å²) in [6.45, 7) is 3.96. The molecule has 14 heavy (non-hydrogen) atoms. The molecular weight excluding hydrogens is 205 g/mol. The molecule has 0 fully saturated rings. The van der Waals surface area contributed by atoms with Gasteiger partial charge in [-0.1, -0.05) is 31.5 Å². The first-order valence-electron chi connectivity index (χ1n) is 4.24. The molecule has 0 heterocycles. The Labute approximate surface area is 87.8 Å². The molecule has 2 nitrogen and oxygen atoms in total. The molecule has 0 atom stereocenters. The molecule has 0 radical (unpaired) electrons. The fourth-order valence-corrected chi connectivity index (χ4v) is 1.48. The first kappa shape index (κ1) is 11.4. The molecule has 0 aliphatic rings. The van der Waals surface area contributed by atoms with E-state index in [-0.39, 0.29) is 12.4 Å². The van der Waals surface area contributed by atoms with Crippen LogP contribution in [0.5, 0.6) is 0 Å². The Balaban J connectivity index is 3.06. The molecule has 1 rings (SSSR count). The van der Waals surface area contributed by atoms with E-state index in [1.165, 1.54) is 6.07 Å². The summed E-state index contributed by atoms with van der Waals surface area (Å²) in [4.78, 5) is 4.55. The Kier molecular flexibility index (Phi) is 3.48. The van der Waals surface area contributed by atoms with Crippen LogP contribution in [0.4, 0.5) is 4.39 Å². The van der Waals surface area contributed by atoms with E-state index in [0.29, 0.717) is 10.6 Å². The molecule has 0 aliphatic heterocycles. The van der Waals surface area contributed by atoms with Crippen molar-refractivity contribution in [3.05, 3.63) is 34.6 Å². The van der Waals surface area contributed by atoms with Gasteiger partial charge in [0.1, 0.15) is 5.82 Å². The van der Waals surface area contributed by atoms with Crippen LogP contribution in [0.1, 0.15) is 19.4 Å². The lowest BCUT2D eigenvalue weighted by Gasteiger charge is -2.24. The Morgan fingerprint density at radius 1 is 1.50 bits per heavy atom. The third-order valence-corrected chi connectivity index (χ3v) is 2.34. The second-order valence-corrected chi connectivity index (χ2v) is 4.26. The van der Waals surface area contributed by atoms with E-state index >= 15 is 0 Å². The predicted molar refractivity (Wildman–Crippen MR) is 54.6 cm³/mol. The van der Waals surface area contributed by atoms with Crippen molar-refractivity contribution < 1.29 is 9.23 Å². The summed E-state index contributed by atoms with van der Waals surface area (Å²) in [7, 11) is 0. The average molecular weight is 218 g/mol. The smallest absolute Gasteiger partial charge is 0.128 e. The molecule has 2 N–H and O–H groups in total. The largest absolute Gasteiger partial charge is 0.304 e. The van der Waals surface area contributed by atoms with Crippen LogP contribution < -0.4 is 5.90 Å². The van der Waals surface area contributed by atoms with Gasteiger partial charge in [0, 0.05) is 10.4 Å². The molecular formula is C10H13ClFNO. The van der Waals surface area contributed by atoms with Crippen molar-refractivity contribution in [1.82, 2.24) is 0 Å². The second-order valence-electron chi connectivity index (χ2n) is 3.82. The predicted octanol–water partition coefficient (Wildman–Crippen LogP) is 2.65. The molecule has 0 saturated carbocycles. The maximum Gasteiger partial charge on any atom is 0.128 e. The van der Waals surface area contributed by atoms with E-state index in [0.717, 1.165) is 0 Å². The minimum absolute atomic E-state index is 0.256. The van der Waals surface area contributed by atoms with Crippen LogP contribution in [0.3, 0.4) is 0 Å². The molecule has 0 aliphatic carbocycles. The van der Waals surface area contributed by atoms with Crippen LogP contribution >= 0.6 is 11.6 Å².